The van der Waals surface area contributed by atoms with Crippen molar-refractivity contribution in [3.63, 3.8) is 0 Å². The van der Waals surface area contributed by atoms with Crippen LogP contribution in [0.15, 0.2) is 0 Å². The van der Waals surface area contributed by atoms with Crippen molar-refractivity contribution < 1.29 is 12.3 Å². The van der Waals surface area contributed by atoms with Crippen LogP contribution in [-0.2, 0) is 12.3 Å². The lowest BCUT2D eigenvalue weighted by atomic mass is 10.5. The van der Waals surface area contributed by atoms with Crippen LogP contribution in [0.25, 0.3) is 0 Å². The Bertz CT molecular complexity index is 161. The largest absolute Gasteiger partial charge is 0.420 e. The molecule has 1 fully saturated rings. The first kappa shape index (κ1) is 11.6. The monoisotopic (exact) mass is 237 g/mol. The summed E-state index contributed by atoms with van der Waals surface area (Å²) in [7, 11) is -4.80. The van der Waals surface area contributed by atoms with Crippen molar-refractivity contribution >= 4 is 27.3 Å². The molecular formula is C6H19NO3Si3. The van der Waals surface area contributed by atoms with Crippen LogP contribution in [0.4, 0.5) is 0 Å². The Morgan fingerprint density at radius 1 is 1.23 bits per heavy atom. The summed E-state index contributed by atoms with van der Waals surface area (Å²) < 4.78 is 17.2. The summed E-state index contributed by atoms with van der Waals surface area (Å²) in [4.78, 5) is 3.39. The Labute approximate surface area is 84.6 Å². The van der Waals surface area contributed by atoms with Gasteiger partial charge in [-0.2, -0.15) is 0 Å². The molecule has 1 rings (SSSR count). The van der Waals surface area contributed by atoms with Crippen LogP contribution in [0.3, 0.4) is 0 Å². The first-order valence-electron chi connectivity index (χ1n) is 4.82. The van der Waals surface area contributed by atoms with Crippen LogP contribution < -0.4 is 4.98 Å². The number of hydrogen-bond donors (Lipinski definition) is 1. The van der Waals surface area contributed by atoms with Crippen LogP contribution in [0.2, 0.25) is 19.6 Å². The molecule has 78 valence electrons. The van der Waals surface area contributed by atoms with Gasteiger partial charge < -0.3 is 12.3 Å². The first-order chi connectivity index (χ1) is 6.06. The fraction of sp³-hybridized carbons (Fsp3) is 1.00. The number of hydrogen-bond acceptors (Lipinski definition) is 4. The van der Waals surface area contributed by atoms with E-state index in [2.05, 4.69) is 31.5 Å². The summed E-state index contributed by atoms with van der Waals surface area (Å²) in [5.41, 5.74) is 0. The molecule has 0 amide bonds. The van der Waals surface area contributed by atoms with E-state index in [9.17, 15) is 0 Å². The van der Waals surface area contributed by atoms with Gasteiger partial charge in [-0.1, -0.05) is 6.92 Å². The summed E-state index contributed by atoms with van der Waals surface area (Å²) in [6.07, 6.45) is 1.11. The summed E-state index contributed by atoms with van der Waals surface area (Å²) >= 11 is 0. The van der Waals surface area contributed by atoms with Crippen molar-refractivity contribution in [3.05, 3.63) is 0 Å². The second-order valence-electron chi connectivity index (χ2n) is 3.38. The quantitative estimate of drug-likeness (QED) is 0.718. The Morgan fingerprint density at radius 3 is 2.23 bits per heavy atom. The first-order valence-corrected chi connectivity index (χ1v) is 11.3. The average Bonchev–Trinajstić information content (AvgIpc) is 1.98. The van der Waals surface area contributed by atoms with Gasteiger partial charge in [0.1, 0.15) is 0 Å². The van der Waals surface area contributed by atoms with Gasteiger partial charge in [0.2, 0.25) is 0 Å². The SMILES string of the molecule is CCCN[Si]1(C)O[SiH](C)O[SiH](C)O1. The molecule has 1 aliphatic rings. The predicted molar refractivity (Wildman–Crippen MR) is 59.2 cm³/mol. The summed E-state index contributed by atoms with van der Waals surface area (Å²) in [6, 6.07) is 0. The highest BCUT2D eigenvalue weighted by molar-refractivity contribution is 6.80. The average molecular weight is 237 g/mol. The zero-order valence-electron chi connectivity index (χ0n) is 8.79. The molecule has 0 radical (unpaired) electrons. The minimum absolute atomic E-state index is 0.977. The highest BCUT2D eigenvalue weighted by atomic mass is 28.5. The molecule has 0 bridgehead atoms. The predicted octanol–water partition coefficient (Wildman–Crippen LogP) is 0.319. The van der Waals surface area contributed by atoms with E-state index >= 15 is 0 Å². The lowest BCUT2D eigenvalue weighted by molar-refractivity contribution is 0.257. The van der Waals surface area contributed by atoms with Crippen molar-refractivity contribution in [1.29, 1.82) is 0 Å². The van der Waals surface area contributed by atoms with Crippen molar-refractivity contribution in [2.45, 2.75) is 33.0 Å². The highest BCUT2D eigenvalue weighted by Crippen LogP contribution is 2.14. The van der Waals surface area contributed by atoms with Gasteiger partial charge in [0, 0.05) is 0 Å². The van der Waals surface area contributed by atoms with E-state index in [0.29, 0.717) is 0 Å². The summed E-state index contributed by atoms with van der Waals surface area (Å²) in [5.74, 6) is 0. The van der Waals surface area contributed by atoms with Crippen LogP contribution in [0, 0.1) is 0 Å². The lowest BCUT2D eigenvalue weighted by Crippen LogP contribution is -2.63. The van der Waals surface area contributed by atoms with Gasteiger partial charge in [-0.05, 0) is 32.6 Å². The van der Waals surface area contributed by atoms with Gasteiger partial charge in [-0.25, -0.2) is 0 Å². The molecule has 7 heteroatoms. The van der Waals surface area contributed by atoms with Crippen LogP contribution in [-0.4, -0.2) is 33.8 Å². The van der Waals surface area contributed by atoms with Crippen molar-refractivity contribution in [2.75, 3.05) is 6.54 Å². The molecule has 4 nitrogen and oxygen atoms in total. The second-order valence-corrected chi connectivity index (χ2v) is 10.9. The fourth-order valence-electron chi connectivity index (χ4n) is 1.42. The van der Waals surface area contributed by atoms with E-state index in [1.807, 2.05) is 0 Å². The van der Waals surface area contributed by atoms with E-state index in [1.54, 1.807) is 0 Å². The summed E-state index contributed by atoms with van der Waals surface area (Å²) in [5, 5.41) is 0. The smallest absolute Gasteiger partial charge is 0.403 e. The molecule has 0 spiro atoms. The summed E-state index contributed by atoms with van der Waals surface area (Å²) in [6.45, 7) is 9.35. The van der Waals surface area contributed by atoms with E-state index in [1.165, 1.54) is 0 Å². The molecule has 0 saturated carbocycles. The van der Waals surface area contributed by atoms with Gasteiger partial charge in [0.25, 0.3) is 0 Å². The van der Waals surface area contributed by atoms with Crippen LogP contribution >= 0.6 is 0 Å². The molecular weight excluding hydrogens is 218 g/mol. The normalized spacial score (nSPS) is 40.6. The Balaban J connectivity index is 2.45. The molecule has 0 aliphatic carbocycles. The standard InChI is InChI=1S/C6H19NO3Si3/c1-5-6-7-13(4)9-11(2)8-12(3)10-13/h7,11-12H,5-6H2,1-4H3. The number of nitrogens with one attached hydrogen (secondary N) is 1. The minimum Gasteiger partial charge on any atom is -0.420 e. The molecule has 2 atom stereocenters. The van der Waals surface area contributed by atoms with Gasteiger partial charge in [-0.3, -0.25) is 4.98 Å². The number of rotatable bonds is 3. The van der Waals surface area contributed by atoms with Crippen molar-refractivity contribution in [1.82, 2.24) is 4.98 Å². The van der Waals surface area contributed by atoms with Crippen molar-refractivity contribution in [3.8, 4) is 0 Å². The van der Waals surface area contributed by atoms with Crippen LogP contribution in [0.5, 0.6) is 0 Å². The lowest BCUT2D eigenvalue weighted by Gasteiger charge is -2.38. The van der Waals surface area contributed by atoms with Gasteiger partial charge in [0.05, 0.1) is 0 Å². The molecule has 1 saturated heterocycles. The van der Waals surface area contributed by atoms with Crippen LogP contribution in [0.1, 0.15) is 13.3 Å². The molecule has 0 aromatic carbocycles. The Morgan fingerprint density at radius 2 is 1.77 bits per heavy atom. The van der Waals surface area contributed by atoms with Gasteiger partial charge >= 0.3 is 27.3 Å². The zero-order chi connectivity index (χ0) is 9.90. The van der Waals surface area contributed by atoms with E-state index in [0.717, 1.165) is 13.0 Å². The molecule has 2 unspecified atom stereocenters. The maximum Gasteiger partial charge on any atom is 0.403 e. The van der Waals surface area contributed by atoms with E-state index in [4.69, 9.17) is 12.3 Å². The molecule has 0 aromatic rings. The third-order valence-corrected chi connectivity index (χ3v) is 12.1. The van der Waals surface area contributed by atoms with Gasteiger partial charge in [-0.15, -0.1) is 0 Å². The Kier molecular flexibility index (Phi) is 4.29. The molecule has 13 heavy (non-hydrogen) atoms. The van der Waals surface area contributed by atoms with Gasteiger partial charge in [0.15, 0.2) is 0 Å². The molecule has 1 heterocycles. The fourth-order valence-corrected chi connectivity index (χ4v) is 12.2. The Hall–Kier alpha value is 0.491. The van der Waals surface area contributed by atoms with Crippen molar-refractivity contribution in [2.24, 2.45) is 0 Å². The molecule has 0 aromatic heterocycles. The minimum atomic E-state index is -2.04. The molecule has 1 aliphatic heterocycles. The third kappa shape index (κ3) is 3.62. The second kappa shape index (κ2) is 4.82. The van der Waals surface area contributed by atoms with E-state index < -0.39 is 27.3 Å². The molecule has 1 N–H and O–H groups in total. The van der Waals surface area contributed by atoms with E-state index in [-0.39, 0.29) is 0 Å². The topological polar surface area (TPSA) is 39.7 Å². The maximum atomic E-state index is 5.80. The zero-order valence-corrected chi connectivity index (χ0v) is 12.1. The highest BCUT2D eigenvalue weighted by Gasteiger charge is 2.41. The maximum absolute atomic E-state index is 5.80. The third-order valence-electron chi connectivity index (χ3n) is 1.86.